The molecule has 2 aromatic heterocycles. The Kier molecular flexibility index (Phi) is 5.85. The molecule has 1 saturated heterocycles. The first kappa shape index (κ1) is 18.3. The van der Waals surface area contributed by atoms with Crippen LogP contribution in [0.25, 0.3) is 0 Å². The quantitative estimate of drug-likeness (QED) is 0.833. The number of rotatable bonds is 5. The van der Waals surface area contributed by atoms with Gasteiger partial charge in [-0.25, -0.2) is 4.98 Å². The van der Waals surface area contributed by atoms with E-state index in [1.54, 1.807) is 25.3 Å². The highest BCUT2D eigenvalue weighted by atomic mass is 32.1. The number of thiophene rings is 1. The Labute approximate surface area is 157 Å². The number of pyridine rings is 1. The molecule has 0 saturated carbocycles. The monoisotopic (exact) mass is 373 g/mol. The second-order valence-electron chi connectivity index (χ2n) is 6.36. The lowest BCUT2D eigenvalue weighted by Gasteiger charge is -2.33. The summed E-state index contributed by atoms with van der Waals surface area (Å²) < 4.78 is 0. The fourth-order valence-corrected chi connectivity index (χ4v) is 3.30. The van der Waals surface area contributed by atoms with Crippen LogP contribution in [0, 0.1) is 0 Å². The van der Waals surface area contributed by atoms with E-state index in [-0.39, 0.29) is 11.8 Å². The number of likely N-dealkylation sites (N-methyl/N-ethyl adjacent to an activating group) is 1. The standard InChI is InChI=1S/C18H23N5O2S/c1-13(20-18(25)15-4-3-11-26-15)17(24)21-14-5-6-16(19-12-14)23-9-7-22(2)8-10-23/h3-6,11-13H,7-10H2,1-2H3,(H,20,25)(H,21,24)/t13-/m1/s1. The molecule has 1 aliphatic rings. The molecule has 0 unspecified atom stereocenters. The van der Waals surface area contributed by atoms with Gasteiger partial charge in [-0.3, -0.25) is 9.59 Å². The number of hydrogen-bond donors (Lipinski definition) is 2. The summed E-state index contributed by atoms with van der Waals surface area (Å²) in [6.07, 6.45) is 1.65. The van der Waals surface area contributed by atoms with Crippen molar-refractivity contribution in [3.63, 3.8) is 0 Å². The Balaban J connectivity index is 1.53. The summed E-state index contributed by atoms with van der Waals surface area (Å²) in [5.74, 6) is 0.394. The van der Waals surface area contributed by atoms with Crippen LogP contribution >= 0.6 is 11.3 Å². The number of aromatic nitrogens is 1. The van der Waals surface area contributed by atoms with E-state index in [0.29, 0.717) is 10.6 Å². The minimum atomic E-state index is -0.637. The third-order valence-electron chi connectivity index (χ3n) is 4.33. The van der Waals surface area contributed by atoms with E-state index in [2.05, 4.69) is 32.5 Å². The van der Waals surface area contributed by atoms with Gasteiger partial charge in [-0.1, -0.05) is 6.07 Å². The van der Waals surface area contributed by atoms with E-state index in [9.17, 15) is 9.59 Å². The fourth-order valence-electron chi connectivity index (χ4n) is 2.67. The molecule has 0 aromatic carbocycles. The minimum absolute atomic E-state index is 0.244. The van der Waals surface area contributed by atoms with Crippen molar-refractivity contribution >= 4 is 34.7 Å². The molecule has 8 heteroatoms. The van der Waals surface area contributed by atoms with Gasteiger partial charge in [-0.05, 0) is 37.6 Å². The summed E-state index contributed by atoms with van der Waals surface area (Å²) in [5.41, 5.74) is 0.616. The number of amides is 2. The van der Waals surface area contributed by atoms with Crippen LogP contribution in [0.2, 0.25) is 0 Å². The van der Waals surface area contributed by atoms with Gasteiger partial charge in [0.05, 0.1) is 16.8 Å². The Morgan fingerprint density at radius 3 is 2.58 bits per heavy atom. The van der Waals surface area contributed by atoms with Crippen LogP contribution in [0.4, 0.5) is 11.5 Å². The highest BCUT2D eigenvalue weighted by Gasteiger charge is 2.18. The second-order valence-corrected chi connectivity index (χ2v) is 7.30. The first-order valence-corrected chi connectivity index (χ1v) is 9.45. The number of nitrogens with one attached hydrogen (secondary N) is 2. The van der Waals surface area contributed by atoms with Gasteiger partial charge in [0, 0.05) is 26.2 Å². The molecule has 1 atom stereocenters. The largest absolute Gasteiger partial charge is 0.354 e. The van der Waals surface area contributed by atoms with Gasteiger partial charge in [-0.2, -0.15) is 0 Å². The summed E-state index contributed by atoms with van der Waals surface area (Å²) in [6, 6.07) is 6.65. The third kappa shape index (κ3) is 4.59. The van der Waals surface area contributed by atoms with E-state index in [4.69, 9.17) is 0 Å². The Bertz CT molecular complexity index is 739. The molecule has 138 valence electrons. The van der Waals surface area contributed by atoms with Crippen molar-refractivity contribution in [3.8, 4) is 0 Å². The zero-order valence-corrected chi connectivity index (χ0v) is 15.8. The number of carbonyl (C=O) groups excluding carboxylic acids is 2. The predicted octanol–water partition coefficient (Wildman–Crippen LogP) is 1.65. The lowest BCUT2D eigenvalue weighted by atomic mass is 10.2. The van der Waals surface area contributed by atoms with E-state index in [0.717, 1.165) is 32.0 Å². The van der Waals surface area contributed by atoms with Gasteiger partial charge in [-0.15, -0.1) is 11.3 Å². The van der Waals surface area contributed by atoms with Crippen LogP contribution in [0.15, 0.2) is 35.8 Å². The molecule has 3 heterocycles. The zero-order valence-electron chi connectivity index (χ0n) is 14.9. The molecule has 0 bridgehead atoms. The van der Waals surface area contributed by atoms with Crippen LogP contribution in [0.3, 0.4) is 0 Å². The number of carbonyl (C=O) groups is 2. The van der Waals surface area contributed by atoms with Crippen molar-refractivity contribution in [2.45, 2.75) is 13.0 Å². The van der Waals surface area contributed by atoms with Crippen LogP contribution < -0.4 is 15.5 Å². The molecule has 0 aliphatic carbocycles. The summed E-state index contributed by atoms with van der Waals surface area (Å²) in [4.78, 5) is 33.8. The number of anilines is 2. The highest BCUT2D eigenvalue weighted by Crippen LogP contribution is 2.16. The molecule has 1 aliphatic heterocycles. The van der Waals surface area contributed by atoms with Gasteiger partial charge in [0.1, 0.15) is 11.9 Å². The molecule has 0 spiro atoms. The van der Waals surface area contributed by atoms with Gasteiger partial charge < -0.3 is 20.4 Å². The molecule has 3 rings (SSSR count). The van der Waals surface area contributed by atoms with Crippen molar-refractivity contribution < 1.29 is 9.59 Å². The molecule has 1 fully saturated rings. The summed E-state index contributed by atoms with van der Waals surface area (Å²) in [7, 11) is 2.11. The molecule has 26 heavy (non-hydrogen) atoms. The van der Waals surface area contributed by atoms with Crippen molar-refractivity contribution in [1.82, 2.24) is 15.2 Å². The smallest absolute Gasteiger partial charge is 0.261 e. The van der Waals surface area contributed by atoms with Gasteiger partial charge >= 0.3 is 0 Å². The van der Waals surface area contributed by atoms with Crippen LogP contribution in [0.1, 0.15) is 16.6 Å². The Hall–Kier alpha value is -2.45. The number of piperazine rings is 1. The van der Waals surface area contributed by atoms with Gasteiger partial charge in [0.25, 0.3) is 5.91 Å². The van der Waals surface area contributed by atoms with Crippen LogP contribution in [-0.4, -0.2) is 61.0 Å². The maximum Gasteiger partial charge on any atom is 0.261 e. The molecule has 2 amide bonds. The van der Waals surface area contributed by atoms with Crippen LogP contribution in [0.5, 0.6) is 0 Å². The van der Waals surface area contributed by atoms with Crippen molar-refractivity contribution in [1.29, 1.82) is 0 Å². The summed E-state index contributed by atoms with van der Waals surface area (Å²) >= 11 is 1.34. The first-order valence-electron chi connectivity index (χ1n) is 8.58. The van der Waals surface area contributed by atoms with E-state index < -0.39 is 6.04 Å². The maximum atomic E-state index is 12.3. The normalized spacial score (nSPS) is 16.2. The van der Waals surface area contributed by atoms with E-state index >= 15 is 0 Å². The third-order valence-corrected chi connectivity index (χ3v) is 5.20. The maximum absolute atomic E-state index is 12.3. The summed E-state index contributed by atoms with van der Waals surface area (Å²) in [6.45, 7) is 5.58. The van der Waals surface area contributed by atoms with Crippen molar-refractivity contribution in [3.05, 3.63) is 40.7 Å². The zero-order chi connectivity index (χ0) is 18.5. The molecule has 2 N–H and O–H groups in total. The van der Waals surface area contributed by atoms with E-state index in [1.807, 2.05) is 17.5 Å². The predicted molar refractivity (Wildman–Crippen MR) is 104 cm³/mol. The van der Waals surface area contributed by atoms with Gasteiger partial charge in [0.2, 0.25) is 5.91 Å². The highest BCUT2D eigenvalue weighted by molar-refractivity contribution is 7.12. The molecule has 0 radical (unpaired) electrons. The summed E-state index contributed by atoms with van der Waals surface area (Å²) in [5, 5.41) is 7.31. The first-order chi connectivity index (χ1) is 12.5. The molecule has 2 aromatic rings. The van der Waals surface area contributed by atoms with E-state index in [1.165, 1.54) is 11.3 Å². The van der Waals surface area contributed by atoms with Crippen molar-refractivity contribution in [2.75, 3.05) is 43.4 Å². The second kappa shape index (κ2) is 8.29. The lowest BCUT2D eigenvalue weighted by Crippen LogP contribution is -2.44. The Morgan fingerprint density at radius 1 is 1.19 bits per heavy atom. The topological polar surface area (TPSA) is 77.6 Å². The minimum Gasteiger partial charge on any atom is -0.354 e. The average molecular weight is 373 g/mol. The number of nitrogens with zero attached hydrogens (tertiary/aromatic N) is 3. The molecule has 7 nitrogen and oxygen atoms in total. The molecular formula is C18H23N5O2S. The average Bonchev–Trinajstić information content (AvgIpc) is 3.18. The number of hydrogen-bond acceptors (Lipinski definition) is 6. The van der Waals surface area contributed by atoms with Gasteiger partial charge in [0.15, 0.2) is 0 Å². The van der Waals surface area contributed by atoms with Crippen molar-refractivity contribution in [2.24, 2.45) is 0 Å². The Morgan fingerprint density at radius 2 is 1.96 bits per heavy atom. The van der Waals surface area contributed by atoms with Crippen LogP contribution in [-0.2, 0) is 4.79 Å². The fraction of sp³-hybridized carbons (Fsp3) is 0.389. The lowest BCUT2D eigenvalue weighted by molar-refractivity contribution is -0.117. The molecular weight excluding hydrogens is 350 g/mol. The SMILES string of the molecule is C[C@@H](NC(=O)c1cccs1)C(=O)Nc1ccc(N2CCN(C)CC2)nc1.